The first-order valence-electron chi connectivity index (χ1n) is 5.59. The lowest BCUT2D eigenvalue weighted by Crippen LogP contribution is -2.46. The van der Waals surface area contributed by atoms with Crippen molar-refractivity contribution in [3.8, 4) is 0 Å². The molecular weight excluding hydrogens is 287 g/mol. The summed E-state index contributed by atoms with van der Waals surface area (Å²) in [5.74, 6) is -0.906. The minimum atomic E-state index is -5.65. The average molecular weight is 299 g/mol. The van der Waals surface area contributed by atoms with Crippen LogP contribution in [0, 0.1) is 5.92 Å². The number of carbonyl (C=O) groups is 1. The van der Waals surface area contributed by atoms with E-state index in [0.717, 1.165) is 0 Å². The molecule has 0 saturated heterocycles. The van der Waals surface area contributed by atoms with Gasteiger partial charge < -0.3 is 5.11 Å². The molecule has 0 aromatic carbocycles. The molecule has 0 unspecified atom stereocenters. The second-order valence-corrected chi connectivity index (χ2v) is 6.50. The number of sulfonamides is 1. The van der Waals surface area contributed by atoms with E-state index >= 15 is 0 Å². The molecule has 2 aliphatic rings. The number of allylic oxidation sites excluding steroid dienone is 1. The van der Waals surface area contributed by atoms with Gasteiger partial charge >= 0.3 is 15.5 Å². The van der Waals surface area contributed by atoms with Crippen molar-refractivity contribution in [2.24, 2.45) is 5.92 Å². The maximum Gasteiger partial charge on any atom is 0.516 e. The van der Waals surface area contributed by atoms with Crippen molar-refractivity contribution >= 4 is 15.8 Å². The van der Waals surface area contributed by atoms with Crippen molar-refractivity contribution in [1.29, 1.82) is 0 Å². The lowest BCUT2D eigenvalue weighted by atomic mass is 9.99. The number of aliphatic hydroxyl groups is 1. The monoisotopic (exact) mass is 299 g/mol. The summed E-state index contributed by atoms with van der Waals surface area (Å²) in [6, 6.07) is -1.25. The molecule has 0 spiro atoms. The highest BCUT2D eigenvalue weighted by Gasteiger charge is 2.57. The van der Waals surface area contributed by atoms with Gasteiger partial charge in [-0.3, -0.25) is 9.10 Å². The van der Waals surface area contributed by atoms with Gasteiger partial charge in [-0.05, 0) is 17.9 Å². The number of rotatable bonds is 2. The normalized spacial score (nSPS) is 28.3. The third-order valence-corrected chi connectivity index (χ3v) is 5.01. The number of hydrogen-bond acceptors (Lipinski definition) is 4. The van der Waals surface area contributed by atoms with Gasteiger partial charge in [-0.15, -0.1) is 0 Å². The molecular formula is C10H12F3NO4S. The number of hydrogen-bond donors (Lipinski definition) is 1. The van der Waals surface area contributed by atoms with Crippen LogP contribution in [-0.4, -0.2) is 41.8 Å². The van der Waals surface area contributed by atoms with Crippen molar-refractivity contribution in [3.63, 3.8) is 0 Å². The first-order chi connectivity index (χ1) is 8.61. The number of Topliss-reactive ketones (excluding diaryl/α,β-unsaturated/α-hetero) is 1. The minimum Gasteiger partial charge on any atom is -0.394 e. The van der Waals surface area contributed by atoms with Crippen LogP contribution >= 0.6 is 0 Å². The number of carbonyl (C=O) groups excluding carboxylic acids is 1. The van der Waals surface area contributed by atoms with Gasteiger partial charge in [0.25, 0.3) is 0 Å². The van der Waals surface area contributed by atoms with Gasteiger partial charge in [0.15, 0.2) is 5.78 Å². The third-order valence-electron chi connectivity index (χ3n) is 3.42. The summed E-state index contributed by atoms with van der Waals surface area (Å²) in [7, 11) is -5.65. The molecule has 0 bridgehead atoms. The molecule has 19 heavy (non-hydrogen) atoms. The van der Waals surface area contributed by atoms with Crippen LogP contribution in [0.5, 0.6) is 0 Å². The molecule has 108 valence electrons. The standard InChI is InChI=1S/C10H12F3NO4S/c1-5-2-8(16)9-7(5)3-6(4-15)14(9)19(17,18)10(11,12)13/h5-6,15H,2-4H2,1H3/t5-,6+/m1/s1. The van der Waals surface area contributed by atoms with E-state index in [1.54, 1.807) is 6.92 Å². The lowest BCUT2D eigenvalue weighted by Gasteiger charge is -2.27. The molecule has 2 atom stereocenters. The number of ketones is 1. The Hall–Kier alpha value is -1.09. The zero-order valence-electron chi connectivity index (χ0n) is 9.94. The van der Waals surface area contributed by atoms with E-state index in [-0.39, 0.29) is 23.1 Å². The Labute approximate surface area is 107 Å². The largest absolute Gasteiger partial charge is 0.516 e. The Morgan fingerprint density at radius 2 is 1.95 bits per heavy atom. The van der Waals surface area contributed by atoms with E-state index in [1.165, 1.54) is 0 Å². The van der Waals surface area contributed by atoms with Crippen LogP contribution < -0.4 is 0 Å². The molecule has 0 fully saturated rings. The van der Waals surface area contributed by atoms with Crippen LogP contribution in [0.3, 0.4) is 0 Å². The van der Waals surface area contributed by atoms with Gasteiger partial charge in [0.2, 0.25) is 0 Å². The molecule has 1 aliphatic heterocycles. The van der Waals surface area contributed by atoms with Crippen molar-refractivity contribution in [1.82, 2.24) is 4.31 Å². The molecule has 1 N–H and O–H groups in total. The molecule has 1 heterocycles. The van der Waals surface area contributed by atoms with Gasteiger partial charge in [0.1, 0.15) is 0 Å². The predicted octanol–water partition coefficient (Wildman–Crippen LogP) is 0.766. The zero-order valence-corrected chi connectivity index (χ0v) is 10.8. The van der Waals surface area contributed by atoms with Gasteiger partial charge in [0, 0.05) is 6.42 Å². The summed E-state index contributed by atoms with van der Waals surface area (Å²) in [4.78, 5) is 11.7. The number of nitrogens with zero attached hydrogens (tertiary/aromatic N) is 1. The minimum absolute atomic E-state index is 0.00664. The maximum atomic E-state index is 12.6. The Morgan fingerprint density at radius 1 is 1.37 bits per heavy atom. The highest BCUT2D eigenvalue weighted by Crippen LogP contribution is 2.45. The van der Waals surface area contributed by atoms with E-state index in [4.69, 9.17) is 5.11 Å². The summed E-state index contributed by atoms with van der Waals surface area (Å²) in [5.41, 5.74) is -5.50. The van der Waals surface area contributed by atoms with E-state index in [2.05, 4.69) is 0 Å². The number of alkyl halides is 3. The van der Waals surface area contributed by atoms with E-state index in [1.807, 2.05) is 0 Å². The fourth-order valence-electron chi connectivity index (χ4n) is 2.56. The van der Waals surface area contributed by atoms with E-state index in [0.29, 0.717) is 5.57 Å². The van der Waals surface area contributed by atoms with Crippen molar-refractivity contribution in [2.45, 2.75) is 31.3 Å². The van der Waals surface area contributed by atoms with Gasteiger partial charge in [-0.2, -0.15) is 21.6 Å². The Kier molecular flexibility index (Phi) is 3.17. The molecule has 0 aromatic rings. The fourth-order valence-corrected chi connectivity index (χ4v) is 3.77. The Bertz CT molecular complexity index is 552. The summed E-state index contributed by atoms with van der Waals surface area (Å²) in [6.07, 6.45) is -0.0270. The van der Waals surface area contributed by atoms with Crippen molar-refractivity contribution in [2.75, 3.05) is 6.61 Å². The van der Waals surface area contributed by atoms with Gasteiger partial charge in [-0.25, -0.2) is 0 Å². The van der Waals surface area contributed by atoms with Crippen LogP contribution in [0.1, 0.15) is 19.8 Å². The second-order valence-electron chi connectivity index (χ2n) is 4.69. The van der Waals surface area contributed by atoms with Gasteiger partial charge in [-0.1, -0.05) is 6.92 Å². The second kappa shape index (κ2) is 4.20. The summed E-state index contributed by atoms with van der Waals surface area (Å²) in [5, 5.41) is 9.08. The Morgan fingerprint density at radius 3 is 2.42 bits per heavy atom. The highest BCUT2D eigenvalue weighted by molar-refractivity contribution is 7.90. The first-order valence-corrected chi connectivity index (χ1v) is 7.03. The molecule has 0 aromatic heterocycles. The molecule has 5 nitrogen and oxygen atoms in total. The Balaban J connectivity index is 2.54. The summed E-state index contributed by atoms with van der Waals surface area (Å²) < 4.78 is 61.0. The maximum absolute atomic E-state index is 12.6. The fraction of sp³-hybridized carbons (Fsp3) is 0.700. The summed E-state index contributed by atoms with van der Waals surface area (Å²) >= 11 is 0. The number of halogens is 3. The lowest BCUT2D eigenvalue weighted by molar-refractivity contribution is -0.116. The SMILES string of the molecule is C[C@@H]1CC(=O)C2=C1C[C@@H](CO)N2S(=O)(=O)C(F)(F)F. The third kappa shape index (κ3) is 1.95. The van der Waals surface area contributed by atoms with Gasteiger partial charge in [0.05, 0.1) is 18.3 Å². The first kappa shape index (κ1) is 14.3. The van der Waals surface area contributed by atoms with Crippen LogP contribution in [0.2, 0.25) is 0 Å². The average Bonchev–Trinajstić information content (AvgIpc) is 2.77. The van der Waals surface area contributed by atoms with Crippen LogP contribution in [0.15, 0.2) is 11.3 Å². The highest BCUT2D eigenvalue weighted by atomic mass is 32.2. The molecule has 0 amide bonds. The quantitative estimate of drug-likeness (QED) is 0.817. The number of aliphatic hydroxyl groups excluding tert-OH is 1. The van der Waals surface area contributed by atoms with Crippen LogP contribution in [0.25, 0.3) is 0 Å². The predicted molar refractivity (Wildman–Crippen MR) is 58.1 cm³/mol. The van der Waals surface area contributed by atoms with Crippen LogP contribution in [0.4, 0.5) is 13.2 Å². The smallest absolute Gasteiger partial charge is 0.394 e. The van der Waals surface area contributed by atoms with E-state index < -0.39 is 39.7 Å². The molecule has 9 heteroatoms. The van der Waals surface area contributed by atoms with Crippen molar-refractivity contribution in [3.05, 3.63) is 11.3 Å². The van der Waals surface area contributed by atoms with E-state index in [9.17, 15) is 26.4 Å². The summed E-state index contributed by atoms with van der Waals surface area (Å²) in [6.45, 7) is 0.890. The molecule has 1 aliphatic carbocycles. The van der Waals surface area contributed by atoms with Crippen LogP contribution in [-0.2, 0) is 14.8 Å². The zero-order chi connectivity index (χ0) is 14.6. The molecule has 2 rings (SSSR count). The molecule has 0 radical (unpaired) electrons. The topological polar surface area (TPSA) is 74.7 Å². The molecule has 0 saturated carbocycles. The van der Waals surface area contributed by atoms with Crippen molar-refractivity contribution < 1.29 is 31.5 Å².